The maximum absolute atomic E-state index is 12.7. The largest absolute Gasteiger partial charge is 0.394 e. The van der Waals surface area contributed by atoms with Crippen LogP contribution in [-0.4, -0.2) is 66.9 Å². The summed E-state index contributed by atoms with van der Waals surface area (Å²) in [6.45, 7) is 5.78. The lowest BCUT2D eigenvalue weighted by atomic mass is 10.2. The fraction of sp³-hybridized carbons (Fsp3) is 0.706. The van der Waals surface area contributed by atoms with Gasteiger partial charge in [0.25, 0.3) is 5.56 Å². The average Bonchev–Trinajstić information content (AvgIpc) is 2.95. The third-order valence-electron chi connectivity index (χ3n) is 5.06. The summed E-state index contributed by atoms with van der Waals surface area (Å²) in [5.74, 6) is 0.604. The summed E-state index contributed by atoms with van der Waals surface area (Å²) in [6.07, 6.45) is -0.802. The molecule has 1 aliphatic rings. The fourth-order valence-corrected chi connectivity index (χ4v) is 3.85. The number of rotatable bonds is 5. The molecular formula is C17H28N5O5+. The van der Waals surface area contributed by atoms with Crippen LogP contribution in [0.25, 0.3) is 11.2 Å². The second-order valence-electron chi connectivity index (χ2n) is 7.45. The van der Waals surface area contributed by atoms with Gasteiger partial charge in [-0.15, -0.1) is 0 Å². The van der Waals surface area contributed by atoms with Crippen LogP contribution in [0.15, 0.2) is 9.59 Å². The Labute approximate surface area is 156 Å². The van der Waals surface area contributed by atoms with Gasteiger partial charge in [0.2, 0.25) is 0 Å². The molecule has 3 atom stereocenters. The number of nitrogens with one attached hydrogen (secondary N) is 1. The molecule has 0 saturated carbocycles. The van der Waals surface area contributed by atoms with Crippen LogP contribution in [0.1, 0.15) is 19.7 Å². The number of hydrogen-bond acceptors (Lipinski definition) is 6. The number of aliphatic hydroxyl groups is 2. The van der Waals surface area contributed by atoms with E-state index in [1.54, 1.807) is 11.6 Å². The molecule has 27 heavy (non-hydrogen) atoms. The van der Waals surface area contributed by atoms with Crippen LogP contribution in [0.2, 0.25) is 0 Å². The van der Waals surface area contributed by atoms with Crippen molar-refractivity contribution in [2.75, 3.05) is 19.7 Å². The summed E-state index contributed by atoms with van der Waals surface area (Å²) >= 11 is 0. The standard InChI is InChI=1S/C17H27N5O5/c1-10-5-21(6-11(2)27-10)8-13-18-15-14(22(13)7-12(24)9-23)16(25)20(4)17(26)19(15)3/h10-12,23-24H,5-9H2,1-4H3/p+1/t10-,11-,12-/m0/s1. The van der Waals surface area contributed by atoms with Gasteiger partial charge in [0.05, 0.1) is 19.3 Å². The minimum absolute atomic E-state index is 0.0324. The third-order valence-corrected chi connectivity index (χ3v) is 5.06. The summed E-state index contributed by atoms with van der Waals surface area (Å²) in [5.41, 5.74) is -0.365. The number of quaternary nitrogens is 1. The van der Waals surface area contributed by atoms with Crippen molar-refractivity contribution in [1.82, 2.24) is 18.7 Å². The van der Waals surface area contributed by atoms with Crippen molar-refractivity contribution in [3.63, 3.8) is 0 Å². The van der Waals surface area contributed by atoms with Gasteiger partial charge in [-0.25, -0.2) is 9.78 Å². The molecule has 10 heteroatoms. The molecule has 1 aliphatic heterocycles. The molecule has 0 spiro atoms. The summed E-state index contributed by atoms with van der Waals surface area (Å²) in [5, 5.41) is 19.3. The van der Waals surface area contributed by atoms with Gasteiger partial charge >= 0.3 is 5.69 Å². The topological polar surface area (TPSA) is 116 Å². The zero-order valence-electron chi connectivity index (χ0n) is 16.2. The Kier molecular flexibility index (Phi) is 5.52. The second kappa shape index (κ2) is 7.55. The first kappa shape index (κ1) is 19.7. The highest BCUT2D eigenvalue weighted by Gasteiger charge is 2.29. The smallest absolute Gasteiger partial charge is 0.332 e. The number of aromatic nitrogens is 4. The summed E-state index contributed by atoms with van der Waals surface area (Å²) in [7, 11) is 2.99. The maximum Gasteiger partial charge on any atom is 0.332 e. The molecular weight excluding hydrogens is 354 g/mol. The van der Waals surface area contributed by atoms with Crippen molar-refractivity contribution in [3.8, 4) is 0 Å². The lowest BCUT2D eigenvalue weighted by molar-refractivity contribution is -0.929. The SMILES string of the molecule is C[C@H]1C[NH+](Cc2nc3c(c(=O)n(C)c(=O)n3C)n2C[C@H](O)CO)C[C@H](C)O1. The lowest BCUT2D eigenvalue weighted by Gasteiger charge is -2.32. The molecule has 1 saturated heterocycles. The Hall–Kier alpha value is -2.01. The summed E-state index contributed by atoms with van der Waals surface area (Å²) in [6, 6.07) is 0. The molecule has 1 fully saturated rings. The number of fused-ring (bicyclic) bond motifs is 1. The van der Waals surface area contributed by atoms with Gasteiger partial charge in [-0.1, -0.05) is 0 Å². The van der Waals surface area contributed by atoms with E-state index in [2.05, 4.69) is 4.98 Å². The van der Waals surface area contributed by atoms with E-state index in [1.165, 1.54) is 16.5 Å². The van der Waals surface area contributed by atoms with E-state index in [0.29, 0.717) is 12.4 Å². The van der Waals surface area contributed by atoms with Gasteiger partial charge in [-0.3, -0.25) is 13.9 Å². The Balaban J connectivity index is 2.12. The monoisotopic (exact) mass is 382 g/mol. The zero-order valence-corrected chi connectivity index (χ0v) is 16.2. The molecule has 3 heterocycles. The van der Waals surface area contributed by atoms with Gasteiger partial charge in [0.15, 0.2) is 17.0 Å². The Morgan fingerprint density at radius 2 is 1.85 bits per heavy atom. The van der Waals surface area contributed by atoms with Crippen LogP contribution >= 0.6 is 0 Å². The van der Waals surface area contributed by atoms with E-state index in [-0.39, 0.29) is 29.9 Å². The molecule has 2 aromatic heterocycles. The van der Waals surface area contributed by atoms with Gasteiger partial charge in [-0.05, 0) is 13.8 Å². The van der Waals surface area contributed by atoms with Crippen LogP contribution in [0.4, 0.5) is 0 Å². The van der Waals surface area contributed by atoms with Crippen molar-refractivity contribution in [3.05, 3.63) is 26.7 Å². The normalized spacial score (nSPS) is 24.4. The second-order valence-corrected chi connectivity index (χ2v) is 7.45. The Morgan fingerprint density at radius 1 is 1.22 bits per heavy atom. The number of morpholine rings is 1. The molecule has 0 amide bonds. The average molecular weight is 382 g/mol. The number of aryl methyl sites for hydroxylation is 1. The molecule has 0 aliphatic carbocycles. The maximum atomic E-state index is 12.7. The summed E-state index contributed by atoms with van der Waals surface area (Å²) < 4.78 is 9.77. The molecule has 3 N–H and O–H groups in total. The van der Waals surface area contributed by atoms with Gasteiger partial charge in [0.1, 0.15) is 31.8 Å². The number of aliphatic hydroxyl groups excluding tert-OH is 2. The van der Waals surface area contributed by atoms with Crippen LogP contribution in [0.3, 0.4) is 0 Å². The lowest BCUT2D eigenvalue weighted by Crippen LogP contribution is -3.14. The predicted octanol–water partition coefficient (Wildman–Crippen LogP) is -3.02. The predicted molar refractivity (Wildman–Crippen MR) is 97.7 cm³/mol. The number of nitrogens with zero attached hydrogens (tertiary/aromatic N) is 4. The van der Waals surface area contributed by atoms with Gasteiger partial charge in [0, 0.05) is 14.1 Å². The van der Waals surface area contributed by atoms with E-state index in [1.807, 2.05) is 13.8 Å². The summed E-state index contributed by atoms with van der Waals surface area (Å²) in [4.78, 5) is 30.8. The van der Waals surface area contributed by atoms with E-state index >= 15 is 0 Å². The van der Waals surface area contributed by atoms with Crippen LogP contribution in [-0.2, 0) is 31.9 Å². The van der Waals surface area contributed by atoms with Gasteiger partial charge < -0.3 is 24.4 Å². The number of ether oxygens (including phenoxy) is 1. The molecule has 150 valence electrons. The van der Waals surface area contributed by atoms with Gasteiger partial charge in [-0.2, -0.15) is 0 Å². The van der Waals surface area contributed by atoms with Crippen molar-refractivity contribution >= 4 is 11.2 Å². The van der Waals surface area contributed by atoms with Crippen LogP contribution < -0.4 is 16.1 Å². The Bertz CT molecular complexity index is 936. The van der Waals surface area contributed by atoms with E-state index < -0.39 is 24.0 Å². The molecule has 3 rings (SSSR count). The first-order valence-corrected chi connectivity index (χ1v) is 9.16. The van der Waals surface area contributed by atoms with E-state index in [4.69, 9.17) is 4.74 Å². The number of imidazole rings is 1. The molecule has 0 aromatic carbocycles. The highest BCUT2D eigenvalue weighted by Crippen LogP contribution is 2.12. The molecule has 0 bridgehead atoms. The molecule has 0 unspecified atom stereocenters. The molecule has 10 nitrogen and oxygen atoms in total. The van der Waals surface area contributed by atoms with Crippen LogP contribution in [0, 0.1) is 0 Å². The van der Waals surface area contributed by atoms with Crippen molar-refractivity contribution in [2.45, 2.75) is 45.2 Å². The minimum Gasteiger partial charge on any atom is -0.394 e. The highest BCUT2D eigenvalue weighted by molar-refractivity contribution is 5.71. The van der Waals surface area contributed by atoms with Crippen LogP contribution in [0.5, 0.6) is 0 Å². The number of hydrogen-bond donors (Lipinski definition) is 3. The van der Waals surface area contributed by atoms with E-state index in [0.717, 1.165) is 17.7 Å². The first-order chi connectivity index (χ1) is 12.7. The van der Waals surface area contributed by atoms with Crippen molar-refractivity contribution in [1.29, 1.82) is 0 Å². The van der Waals surface area contributed by atoms with Crippen molar-refractivity contribution < 1.29 is 19.8 Å². The minimum atomic E-state index is -1.03. The quantitative estimate of drug-likeness (QED) is 0.507. The van der Waals surface area contributed by atoms with E-state index in [9.17, 15) is 19.8 Å². The zero-order chi connectivity index (χ0) is 19.9. The highest BCUT2D eigenvalue weighted by atomic mass is 16.5. The first-order valence-electron chi connectivity index (χ1n) is 9.16. The van der Waals surface area contributed by atoms with Crippen molar-refractivity contribution in [2.24, 2.45) is 14.1 Å². The Morgan fingerprint density at radius 3 is 2.44 bits per heavy atom. The fourth-order valence-electron chi connectivity index (χ4n) is 3.85. The molecule has 2 aromatic rings. The third kappa shape index (κ3) is 3.70. The molecule has 0 radical (unpaired) electrons.